The molecule has 186 valence electrons. The van der Waals surface area contributed by atoms with Gasteiger partial charge in [-0.05, 0) is 32.9 Å². The third kappa shape index (κ3) is 4.63. The monoisotopic (exact) mass is 486 g/mol. The number of hydrogen-bond donors (Lipinski definition) is 2. The van der Waals surface area contributed by atoms with Crippen molar-refractivity contribution in [3.05, 3.63) is 71.7 Å². The van der Waals surface area contributed by atoms with Gasteiger partial charge in [-0.3, -0.25) is 0 Å². The summed E-state index contributed by atoms with van der Waals surface area (Å²) in [4.78, 5) is 9.86. The van der Waals surface area contributed by atoms with Crippen molar-refractivity contribution in [3.8, 4) is 11.6 Å². The summed E-state index contributed by atoms with van der Waals surface area (Å²) in [7, 11) is 0. The number of fused-ring (bicyclic) bond motifs is 1. The van der Waals surface area contributed by atoms with Gasteiger partial charge in [-0.15, -0.1) is 0 Å². The third-order valence-corrected chi connectivity index (χ3v) is 6.06. The van der Waals surface area contributed by atoms with Crippen LogP contribution in [0.1, 0.15) is 37.3 Å². The van der Waals surface area contributed by atoms with Gasteiger partial charge in [-0.25, -0.2) is 13.8 Å². The van der Waals surface area contributed by atoms with Crippen molar-refractivity contribution in [2.75, 3.05) is 26.2 Å². The van der Waals surface area contributed by atoms with Crippen LogP contribution in [-0.4, -0.2) is 45.6 Å². The summed E-state index contributed by atoms with van der Waals surface area (Å²) >= 11 is 0. The Labute approximate surface area is 202 Å². The second kappa shape index (κ2) is 10.1. The molecule has 0 saturated carbocycles. The Bertz CT molecular complexity index is 1280. The SMILES string of the molecule is C=C/C=C(\C(N)c1ncnc(Oc2cc(F)c3c(cc(C)n3C(C)C)c2F)c1F)N1CCNCC1. The fourth-order valence-electron chi connectivity index (χ4n) is 4.53. The molecule has 2 aromatic heterocycles. The van der Waals surface area contributed by atoms with Gasteiger partial charge in [-0.2, -0.15) is 9.37 Å². The Balaban J connectivity index is 1.71. The van der Waals surface area contributed by atoms with Crippen molar-refractivity contribution in [1.82, 2.24) is 24.8 Å². The Morgan fingerprint density at radius 2 is 1.89 bits per heavy atom. The molecule has 1 fully saturated rings. The number of hydrogen-bond acceptors (Lipinski definition) is 6. The summed E-state index contributed by atoms with van der Waals surface area (Å²) in [6, 6.07) is 1.42. The zero-order valence-electron chi connectivity index (χ0n) is 20.0. The number of nitrogens with one attached hydrogen (secondary N) is 1. The van der Waals surface area contributed by atoms with E-state index in [2.05, 4.69) is 21.9 Å². The van der Waals surface area contributed by atoms with Crippen LogP contribution < -0.4 is 15.8 Å². The minimum absolute atomic E-state index is 0.0486. The molecular formula is C25H29F3N6O. The first-order valence-corrected chi connectivity index (χ1v) is 11.5. The van der Waals surface area contributed by atoms with E-state index in [0.717, 1.165) is 25.5 Å². The molecule has 35 heavy (non-hydrogen) atoms. The summed E-state index contributed by atoms with van der Waals surface area (Å²) in [5.74, 6) is -3.44. The van der Waals surface area contributed by atoms with Crippen molar-refractivity contribution in [1.29, 1.82) is 0 Å². The maximum atomic E-state index is 15.5. The number of halogens is 3. The van der Waals surface area contributed by atoms with Crippen LogP contribution in [0.25, 0.3) is 10.9 Å². The quantitative estimate of drug-likeness (QED) is 0.479. The van der Waals surface area contributed by atoms with E-state index in [1.165, 1.54) is 6.07 Å². The number of nitrogens with two attached hydrogens (primary N) is 1. The second-order valence-electron chi connectivity index (χ2n) is 8.70. The number of aryl methyl sites for hydroxylation is 1. The van der Waals surface area contributed by atoms with E-state index in [9.17, 15) is 0 Å². The van der Waals surface area contributed by atoms with Gasteiger partial charge in [0.15, 0.2) is 17.4 Å². The molecule has 1 aliphatic heterocycles. The maximum absolute atomic E-state index is 15.5. The van der Waals surface area contributed by atoms with Gasteiger partial charge >= 0.3 is 0 Å². The highest BCUT2D eigenvalue weighted by Crippen LogP contribution is 2.36. The van der Waals surface area contributed by atoms with Gasteiger partial charge in [0.25, 0.3) is 5.88 Å². The highest BCUT2D eigenvalue weighted by Gasteiger charge is 2.27. The van der Waals surface area contributed by atoms with E-state index < -0.39 is 35.1 Å². The summed E-state index contributed by atoms with van der Waals surface area (Å²) in [5, 5.41) is 3.30. The lowest BCUT2D eigenvalue weighted by atomic mass is 10.1. The Morgan fingerprint density at radius 3 is 2.54 bits per heavy atom. The number of allylic oxidation sites excluding steroid dienone is 2. The number of aromatic nitrogens is 3. The van der Waals surface area contributed by atoms with E-state index in [1.807, 2.05) is 18.7 Å². The number of piperazine rings is 1. The zero-order chi connectivity index (χ0) is 25.3. The summed E-state index contributed by atoms with van der Waals surface area (Å²) in [6.07, 6.45) is 4.37. The van der Waals surface area contributed by atoms with Crippen LogP contribution in [0.5, 0.6) is 11.6 Å². The molecular weight excluding hydrogens is 457 g/mol. The van der Waals surface area contributed by atoms with Gasteiger partial charge in [0, 0.05) is 55.1 Å². The number of ether oxygens (including phenoxy) is 1. The smallest absolute Gasteiger partial charge is 0.259 e. The van der Waals surface area contributed by atoms with Gasteiger partial charge in [0.1, 0.15) is 12.0 Å². The molecule has 3 N–H and O–H groups in total. The average molecular weight is 487 g/mol. The van der Waals surface area contributed by atoms with Crippen molar-refractivity contribution in [2.24, 2.45) is 5.73 Å². The lowest BCUT2D eigenvalue weighted by molar-refractivity contribution is 0.280. The number of rotatable bonds is 7. The van der Waals surface area contributed by atoms with E-state index in [0.29, 0.717) is 24.5 Å². The molecule has 7 nitrogen and oxygen atoms in total. The first-order chi connectivity index (χ1) is 16.7. The lowest BCUT2D eigenvalue weighted by Gasteiger charge is -2.34. The molecule has 3 aromatic rings. The molecule has 1 aromatic carbocycles. The van der Waals surface area contributed by atoms with Gasteiger partial charge in [0.2, 0.25) is 5.82 Å². The normalized spacial score (nSPS) is 15.7. The molecule has 4 rings (SSSR count). The maximum Gasteiger partial charge on any atom is 0.259 e. The van der Waals surface area contributed by atoms with E-state index in [1.54, 1.807) is 23.6 Å². The van der Waals surface area contributed by atoms with Gasteiger partial charge < -0.3 is 25.3 Å². The third-order valence-electron chi connectivity index (χ3n) is 6.06. The topological polar surface area (TPSA) is 81.2 Å². The minimum Gasteiger partial charge on any atom is -0.433 e. The van der Waals surface area contributed by atoms with Gasteiger partial charge in [-0.1, -0.05) is 12.7 Å². The van der Waals surface area contributed by atoms with E-state index >= 15 is 13.2 Å². The summed E-state index contributed by atoms with van der Waals surface area (Å²) in [5.41, 5.74) is 7.73. The minimum atomic E-state index is -0.944. The highest BCUT2D eigenvalue weighted by molar-refractivity contribution is 5.84. The predicted octanol–water partition coefficient (Wildman–Crippen LogP) is 4.51. The van der Waals surface area contributed by atoms with Crippen molar-refractivity contribution >= 4 is 10.9 Å². The van der Waals surface area contributed by atoms with Crippen LogP contribution in [0.3, 0.4) is 0 Å². The molecule has 10 heteroatoms. The van der Waals surface area contributed by atoms with Crippen LogP contribution in [-0.2, 0) is 0 Å². The number of nitrogens with zero attached hydrogens (tertiary/aromatic N) is 4. The molecule has 0 spiro atoms. The first-order valence-electron chi connectivity index (χ1n) is 11.5. The van der Waals surface area contributed by atoms with Crippen molar-refractivity contribution in [3.63, 3.8) is 0 Å². The molecule has 0 amide bonds. The van der Waals surface area contributed by atoms with Crippen LogP contribution in [0.2, 0.25) is 0 Å². The summed E-state index contributed by atoms with van der Waals surface area (Å²) in [6.45, 7) is 12.1. The van der Waals surface area contributed by atoms with Crippen LogP contribution >= 0.6 is 0 Å². The molecule has 1 saturated heterocycles. The van der Waals surface area contributed by atoms with Crippen molar-refractivity contribution in [2.45, 2.75) is 32.9 Å². The summed E-state index contributed by atoms with van der Waals surface area (Å²) < 4.78 is 53.0. The standard InChI is InChI=1S/C25H29F3N6O/c1-5-6-18(33-9-7-30-8-10-33)22(29)23-21(28)25(32-13-31-23)35-19-12-17(26)24-16(20(19)27)11-15(4)34(24)14(2)3/h5-6,11-14,22,30H,1,7-10,29H2,2-4H3/b18-6+. The van der Waals surface area contributed by atoms with Crippen molar-refractivity contribution < 1.29 is 17.9 Å². The Kier molecular flexibility index (Phi) is 7.13. The van der Waals surface area contributed by atoms with E-state index in [-0.39, 0.29) is 22.6 Å². The molecule has 1 aliphatic rings. The molecule has 0 aliphatic carbocycles. The fourth-order valence-corrected chi connectivity index (χ4v) is 4.53. The lowest BCUT2D eigenvalue weighted by Crippen LogP contribution is -2.45. The molecule has 3 heterocycles. The zero-order valence-corrected chi connectivity index (χ0v) is 20.0. The predicted molar refractivity (Wildman–Crippen MR) is 129 cm³/mol. The first kappa shape index (κ1) is 24.7. The van der Waals surface area contributed by atoms with Crippen LogP contribution in [0.4, 0.5) is 13.2 Å². The van der Waals surface area contributed by atoms with E-state index in [4.69, 9.17) is 10.5 Å². The average Bonchev–Trinajstić information content (AvgIpc) is 3.20. The Morgan fingerprint density at radius 1 is 1.17 bits per heavy atom. The van der Waals surface area contributed by atoms with Crippen LogP contribution in [0.15, 0.2) is 42.9 Å². The largest absolute Gasteiger partial charge is 0.433 e. The molecule has 1 unspecified atom stereocenters. The van der Waals surface area contributed by atoms with Gasteiger partial charge in [0.05, 0.1) is 11.6 Å². The number of benzene rings is 1. The second-order valence-corrected chi connectivity index (χ2v) is 8.70. The molecule has 0 bridgehead atoms. The molecule has 1 atom stereocenters. The molecule has 0 radical (unpaired) electrons. The van der Waals surface area contributed by atoms with Crippen LogP contribution in [0, 0.1) is 24.4 Å². The fraction of sp³-hybridized carbons (Fsp3) is 0.360. The Hall–Kier alpha value is -3.37. The highest BCUT2D eigenvalue weighted by atomic mass is 19.1.